The summed E-state index contributed by atoms with van der Waals surface area (Å²) in [5.41, 5.74) is -0.0700. The number of halogens is 1. The molecule has 2 atom stereocenters. The Bertz CT molecular complexity index is 578. The fraction of sp³-hybridized carbons (Fsp3) is 0.385. The minimum atomic E-state index is -0.794. The molecule has 7 nitrogen and oxygen atoms in total. The number of carbonyl (C=O) groups excluding carboxylic acids is 2. The fourth-order valence-corrected chi connectivity index (χ4v) is 1.93. The highest BCUT2D eigenvalue weighted by atomic mass is 19.1. The quantitative estimate of drug-likeness (QED) is 0.449. The van der Waals surface area contributed by atoms with Gasteiger partial charge >= 0.3 is 0 Å². The highest BCUT2D eigenvalue weighted by molar-refractivity contribution is 5.94. The van der Waals surface area contributed by atoms with Gasteiger partial charge in [-0.25, -0.2) is 4.39 Å². The Morgan fingerprint density at radius 1 is 1.29 bits per heavy atom. The number of nitrogens with one attached hydrogen (secondary N) is 2. The molecule has 1 saturated carbocycles. The molecule has 1 aliphatic carbocycles. The number of amides is 2. The fourth-order valence-electron chi connectivity index (χ4n) is 1.93. The smallest absolute Gasteiger partial charge is 0.254 e. The average molecular weight is 295 g/mol. The predicted molar refractivity (Wildman–Crippen MR) is 70.6 cm³/mol. The molecule has 0 saturated heterocycles. The summed E-state index contributed by atoms with van der Waals surface area (Å²) in [6, 6.07) is 4.77. The van der Waals surface area contributed by atoms with Crippen molar-refractivity contribution in [2.75, 3.05) is 13.1 Å². The Labute approximate surface area is 119 Å². The normalized spacial score (nSPS) is 19.7. The van der Waals surface area contributed by atoms with Crippen LogP contribution in [0.1, 0.15) is 16.8 Å². The highest BCUT2D eigenvalue weighted by Crippen LogP contribution is 2.32. The topological polar surface area (TPSA) is 101 Å². The molecule has 1 aliphatic rings. The largest absolute Gasteiger partial charge is 0.354 e. The van der Waals surface area contributed by atoms with E-state index >= 15 is 0 Å². The molecule has 0 spiro atoms. The Balaban J connectivity index is 1.69. The van der Waals surface area contributed by atoms with Crippen molar-refractivity contribution in [1.82, 2.24) is 10.6 Å². The van der Waals surface area contributed by atoms with E-state index in [1.807, 2.05) is 0 Å². The molecular weight excluding hydrogens is 281 g/mol. The van der Waals surface area contributed by atoms with Crippen LogP contribution in [-0.2, 0) is 4.79 Å². The van der Waals surface area contributed by atoms with Crippen LogP contribution in [-0.4, -0.2) is 35.9 Å². The van der Waals surface area contributed by atoms with Crippen molar-refractivity contribution in [2.24, 2.45) is 5.92 Å². The lowest BCUT2D eigenvalue weighted by atomic mass is 10.2. The Hall–Kier alpha value is -2.51. The zero-order valence-electron chi connectivity index (χ0n) is 11.0. The number of nitro groups is 1. The lowest BCUT2D eigenvalue weighted by Crippen LogP contribution is -2.36. The molecule has 0 heterocycles. The average Bonchev–Trinajstić information content (AvgIpc) is 3.24. The van der Waals surface area contributed by atoms with Gasteiger partial charge in [0, 0.05) is 24.4 Å². The van der Waals surface area contributed by atoms with E-state index < -0.39 is 34.5 Å². The van der Waals surface area contributed by atoms with Crippen molar-refractivity contribution in [3.63, 3.8) is 0 Å². The van der Waals surface area contributed by atoms with Gasteiger partial charge in [0.25, 0.3) is 5.91 Å². The molecule has 2 amide bonds. The third-order valence-electron chi connectivity index (χ3n) is 3.19. The Kier molecular flexibility index (Phi) is 4.46. The number of carbonyl (C=O) groups is 2. The van der Waals surface area contributed by atoms with E-state index in [2.05, 4.69) is 10.6 Å². The molecule has 21 heavy (non-hydrogen) atoms. The van der Waals surface area contributed by atoms with E-state index in [1.165, 1.54) is 18.2 Å². The van der Waals surface area contributed by atoms with Gasteiger partial charge in [-0.05, 0) is 12.1 Å². The lowest BCUT2D eigenvalue weighted by Gasteiger charge is -2.07. The second-order valence-corrected chi connectivity index (χ2v) is 4.72. The number of rotatable bonds is 6. The van der Waals surface area contributed by atoms with Crippen molar-refractivity contribution in [3.05, 3.63) is 45.8 Å². The molecule has 8 heteroatoms. The van der Waals surface area contributed by atoms with E-state index in [0.717, 1.165) is 0 Å². The predicted octanol–water partition coefficient (Wildman–Crippen LogP) is 0.337. The molecule has 0 aromatic heterocycles. The molecule has 1 aromatic carbocycles. The van der Waals surface area contributed by atoms with E-state index in [9.17, 15) is 24.1 Å². The highest BCUT2D eigenvalue weighted by Gasteiger charge is 2.53. The summed E-state index contributed by atoms with van der Waals surface area (Å²) in [6.45, 7) is 0.259. The third kappa shape index (κ3) is 3.74. The van der Waals surface area contributed by atoms with Crippen LogP contribution in [0.3, 0.4) is 0 Å². The minimum Gasteiger partial charge on any atom is -0.354 e. The first-order chi connectivity index (χ1) is 10.0. The molecule has 0 unspecified atom stereocenters. The summed E-state index contributed by atoms with van der Waals surface area (Å²) < 4.78 is 13.3. The Morgan fingerprint density at radius 3 is 2.57 bits per heavy atom. The van der Waals surface area contributed by atoms with Gasteiger partial charge in [-0.15, -0.1) is 0 Å². The van der Waals surface area contributed by atoms with Crippen molar-refractivity contribution < 1.29 is 18.9 Å². The monoisotopic (exact) mass is 295 g/mol. The van der Waals surface area contributed by atoms with Gasteiger partial charge in [-0.3, -0.25) is 19.7 Å². The summed E-state index contributed by atoms with van der Waals surface area (Å²) in [5, 5.41) is 15.4. The first kappa shape index (κ1) is 14.9. The Morgan fingerprint density at radius 2 is 1.95 bits per heavy atom. The molecule has 1 aromatic rings. The lowest BCUT2D eigenvalue weighted by molar-refractivity contribution is -0.497. The van der Waals surface area contributed by atoms with Crippen LogP contribution in [0.2, 0.25) is 0 Å². The van der Waals surface area contributed by atoms with Crippen LogP contribution in [0, 0.1) is 21.8 Å². The summed E-state index contributed by atoms with van der Waals surface area (Å²) in [5.74, 6) is -2.16. The van der Waals surface area contributed by atoms with Crippen molar-refractivity contribution in [2.45, 2.75) is 12.5 Å². The van der Waals surface area contributed by atoms with Gasteiger partial charge < -0.3 is 10.6 Å². The van der Waals surface area contributed by atoms with Crippen LogP contribution < -0.4 is 10.6 Å². The first-order valence-corrected chi connectivity index (χ1v) is 6.44. The molecule has 0 radical (unpaired) electrons. The van der Waals surface area contributed by atoms with Crippen molar-refractivity contribution in [1.29, 1.82) is 0 Å². The SMILES string of the molecule is O=C(NCCNC(=O)[C@@H]1C[C@H]1[N+](=O)[O-])c1ccccc1F. The maximum absolute atomic E-state index is 13.3. The number of hydrogen-bond donors (Lipinski definition) is 2. The van der Waals surface area contributed by atoms with Gasteiger partial charge in [-0.1, -0.05) is 12.1 Å². The molecule has 0 aliphatic heterocycles. The molecule has 0 bridgehead atoms. The first-order valence-electron chi connectivity index (χ1n) is 6.44. The van der Waals surface area contributed by atoms with Gasteiger partial charge in [0.1, 0.15) is 11.7 Å². The second-order valence-electron chi connectivity index (χ2n) is 4.72. The van der Waals surface area contributed by atoms with E-state index in [-0.39, 0.29) is 25.1 Å². The van der Waals surface area contributed by atoms with E-state index in [1.54, 1.807) is 6.07 Å². The zero-order valence-corrected chi connectivity index (χ0v) is 11.0. The van der Waals surface area contributed by atoms with Crippen LogP contribution in [0.4, 0.5) is 4.39 Å². The van der Waals surface area contributed by atoms with E-state index in [0.29, 0.717) is 0 Å². The van der Waals surface area contributed by atoms with Gasteiger partial charge in [0.2, 0.25) is 11.9 Å². The summed E-state index contributed by atoms with van der Waals surface area (Å²) in [4.78, 5) is 33.1. The zero-order chi connectivity index (χ0) is 15.4. The van der Waals surface area contributed by atoms with Gasteiger partial charge in [-0.2, -0.15) is 0 Å². The van der Waals surface area contributed by atoms with Crippen molar-refractivity contribution in [3.8, 4) is 0 Å². The minimum absolute atomic E-state index is 0.0700. The maximum atomic E-state index is 13.3. The number of hydrogen-bond acceptors (Lipinski definition) is 4. The molecule has 2 N–H and O–H groups in total. The van der Waals surface area contributed by atoms with Crippen LogP contribution >= 0.6 is 0 Å². The van der Waals surface area contributed by atoms with Crippen LogP contribution in [0.15, 0.2) is 24.3 Å². The summed E-state index contributed by atoms with van der Waals surface area (Å²) in [6.07, 6.45) is 0.250. The molecule has 112 valence electrons. The van der Waals surface area contributed by atoms with Crippen molar-refractivity contribution >= 4 is 11.8 Å². The van der Waals surface area contributed by atoms with Gasteiger partial charge in [0.15, 0.2) is 0 Å². The molecule has 1 fully saturated rings. The van der Waals surface area contributed by atoms with Crippen LogP contribution in [0.5, 0.6) is 0 Å². The molecular formula is C13H14FN3O4. The maximum Gasteiger partial charge on any atom is 0.254 e. The third-order valence-corrected chi connectivity index (χ3v) is 3.19. The number of benzene rings is 1. The molecule has 2 rings (SSSR count). The standard InChI is InChI=1S/C13H14FN3O4/c14-10-4-2-1-3-8(10)12(18)15-5-6-16-13(19)9-7-11(9)17(20)21/h1-4,9,11H,5-7H2,(H,15,18)(H,16,19)/t9-,11-/m1/s1. The van der Waals surface area contributed by atoms with Crippen LogP contribution in [0.25, 0.3) is 0 Å². The van der Waals surface area contributed by atoms with Gasteiger partial charge in [0.05, 0.1) is 5.56 Å². The summed E-state index contributed by atoms with van der Waals surface area (Å²) in [7, 11) is 0. The summed E-state index contributed by atoms with van der Waals surface area (Å²) >= 11 is 0. The number of nitrogens with zero attached hydrogens (tertiary/aromatic N) is 1. The van der Waals surface area contributed by atoms with E-state index in [4.69, 9.17) is 0 Å². The second kappa shape index (κ2) is 6.29.